The lowest BCUT2D eigenvalue weighted by molar-refractivity contribution is 0.555. The first-order valence-electron chi connectivity index (χ1n) is 5.66. The molecule has 0 bridgehead atoms. The molecule has 0 fully saturated rings. The molecule has 1 unspecified atom stereocenters. The van der Waals surface area contributed by atoms with Crippen molar-refractivity contribution < 1.29 is 4.39 Å². The zero-order valence-electron chi connectivity index (χ0n) is 10.0. The predicted octanol–water partition coefficient (Wildman–Crippen LogP) is 5.66. The van der Waals surface area contributed by atoms with Crippen molar-refractivity contribution in [1.82, 2.24) is 5.32 Å². The summed E-state index contributed by atoms with van der Waals surface area (Å²) >= 11 is 16.6. The van der Waals surface area contributed by atoms with Crippen molar-refractivity contribution in [2.24, 2.45) is 0 Å². The van der Waals surface area contributed by atoms with Crippen LogP contribution in [0.25, 0.3) is 0 Å². The van der Waals surface area contributed by atoms with E-state index >= 15 is 0 Å². The fraction of sp³-hybridized carbons (Fsp3) is 0.231. The molecule has 0 aliphatic carbocycles. The van der Waals surface area contributed by atoms with Gasteiger partial charge in [0.25, 0.3) is 0 Å². The summed E-state index contributed by atoms with van der Waals surface area (Å²) in [5, 5.41) is 3.24. The molecule has 1 aromatic heterocycles. The maximum atomic E-state index is 14.2. The van der Waals surface area contributed by atoms with Gasteiger partial charge in [-0.2, -0.15) is 0 Å². The molecule has 0 spiro atoms. The first-order valence-corrected chi connectivity index (χ1v) is 8.03. The largest absolute Gasteiger partial charge is 0.306 e. The zero-order valence-corrected chi connectivity index (χ0v) is 13.9. The Balaban J connectivity index is 2.51. The molecule has 19 heavy (non-hydrogen) atoms. The van der Waals surface area contributed by atoms with Gasteiger partial charge < -0.3 is 5.32 Å². The highest BCUT2D eigenvalue weighted by Crippen LogP contribution is 2.38. The number of rotatable bonds is 4. The minimum absolute atomic E-state index is 0.285. The SMILES string of the molecule is CCNC(c1cc(Cl)sc1Cl)c1cccc(Br)c1F. The van der Waals surface area contributed by atoms with Crippen LogP contribution in [0.5, 0.6) is 0 Å². The quantitative estimate of drug-likeness (QED) is 0.719. The first-order chi connectivity index (χ1) is 9.04. The molecule has 0 amide bonds. The Kier molecular flexibility index (Phi) is 5.26. The summed E-state index contributed by atoms with van der Waals surface area (Å²) < 4.78 is 15.8. The van der Waals surface area contributed by atoms with Crippen molar-refractivity contribution in [3.63, 3.8) is 0 Å². The average molecular weight is 383 g/mol. The Hall–Kier alpha value is -0.130. The molecule has 1 heterocycles. The Morgan fingerprint density at radius 1 is 1.37 bits per heavy atom. The van der Waals surface area contributed by atoms with Gasteiger partial charge in [-0.3, -0.25) is 0 Å². The molecule has 1 atom stereocenters. The highest BCUT2D eigenvalue weighted by molar-refractivity contribution is 9.10. The second-order valence-electron chi connectivity index (χ2n) is 3.91. The third-order valence-corrected chi connectivity index (χ3v) is 4.83. The van der Waals surface area contributed by atoms with Crippen LogP contribution < -0.4 is 5.32 Å². The summed E-state index contributed by atoms with van der Waals surface area (Å²) in [5.74, 6) is -0.285. The van der Waals surface area contributed by atoms with Gasteiger partial charge in [0, 0.05) is 11.1 Å². The zero-order chi connectivity index (χ0) is 14.0. The fourth-order valence-corrected chi connectivity index (χ4v) is 3.80. The van der Waals surface area contributed by atoms with Crippen LogP contribution in [0.4, 0.5) is 4.39 Å². The van der Waals surface area contributed by atoms with Gasteiger partial charge in [-0.15, -0.1) is 11.3 Å². The highest BCUT2D eigenvalue weighted by Gasteiger charge is 2.22. The molecule has 0 saturated carbocycles. The van der Waals surface area contributed by atoms with Crippen LogP contribution in [0.2, 0.25) is 8.67 Å². The molecule has 0 saturated heterocycles. The van der Waals surface area contributed by atoms with Crippen molar-refractivity contribution in [2.45, 2.75) is 13.0 Å². The molecule has 102 valence electrons. The normalized spacial score (nSPS) is 12.7. The molecule has 1 nitrogen and oxygen atoms in total. The van der Waals surface area contributed by atoms with E-state index in [1.807, 2.05) is 6.92 Å². The van der Waals surface area contributed by atoms with E-state index in [1.165, 1.54) is 11.3 Å². The lowest BCUT2D eigenvalue weighted by atomic mass is 10.0. The first kappa shape index (κ1) is 15.3. The average Bonchev–Trinajstić information content (AvgIpc) is 2.69. The summed E-state index contributed by atoms with van der Waals surface area (Å²) in [7, 11) is 0. The van der Waals surface area contributed by atoms with Crippen LogP contribution in [-0.4, -0.2) is 6.54 Å². The lowest BCUT2D eigenvalue weighted by Crippen LogP contribution is -2.22. The standard InChI is InChI=1S/C13H11BrCl2FNS/c1-2-18-12(8-6-10(15)19-13(8)16)7-4-3-5-9(14)11(7)17/h3-6,12,18H,2H2,1H3. The van der Waals surface area contributed by atoms with Gasteiger partial charge in [0.05, 0.1) is 19.2 Å². The highest BCUT2D eigenvalue weighted by atomic mass is 79.9. The van der Waals surface area contributed by atoms with E-state index in [2.05, 4.69) is 21.2 Å². The molecule has 2 aromatic rings. The molecular weight excluding hydrogens is 372 g/mol. The smallest absolute Gasteiger partial charge is 0.142 e. The predicted molar refractivity (Wildman–Crippen MR) is 84.0 cm³/mol. The van der Waals surface area contributed by atoms with E-state index in [-0.39, 0.29) is 11.9 Å². The Bertz CT molecular complexity index is 588. The Morgan fingerprint density at radius 3 is 2.68 bits per heavy atom. The summed E-state index contributed by atoms with van der Waals surface area (Å²) in [6.45, 7) is 2.66. The number of nitrogens with one attached hydrogen (secondary N) is 1. The van der Waals surface area contributed by atoms with Gasteiger partial charge >= 0.3 is 0 Å². The van der Waals surface area contributed by atoms with Gasteiger partial charge in [-0.25, -0.2) is 4.39 Å². The lowest BCUT2D eigenvalue weighted by Gasteiger charge is -2.19. The fourth-order valence-electron chi connectivity index (χ4n) is 1.88. The minimum Gasteiger partial charge on any atom is -0.306 e. The van der Waals surface area contributed by atoms with Crippen molar-refractivity contribution >= 4 is 50.5 Å². The van der Waals surface area contributed by atoms with E-state index < -0.39 is 0 Å². The van der Waals surface area contributed by atoms with Gasteiger partial charge in [0.2, 0.25) is 0 Å². The van der Waals surface area contributed by atoms with Crippen LogP contribution in [0.15, 0.2) is 28.7 Å². The van der Waals surface area contributed by atoms with Gasteiger partial charge in [0.15, 0.2) is 0 Å². The molecule has 0 aliphatic rings. The van der Waals surface area contributed by atoms with Crippen molar-refractivity contribution in [1.29, 1.82) is 0 Å². The number of thiophene rings is 1. The number of halogens is 4. The monoisotopic (exact) mass is 381 g/mol. The van der Waals surface area contributed by atoms with E-state index in [4.69, 9.17) is 23.2 Å². The summed E-state index contributed by atoms with van der Waals surface area (Å²) in [6, 6.07) is 6.69. The van der Waals surface area contributed by atoms with E-state index in [9.17, 15) is 4.39 Å². The molecule has 6 heteroatoms. The summed E-state index contributed by atoms with van der Waals surface area (Å²) in [5.41, 5.74) is 1.35. The van der Waals surface area contributed by atoms with Crippen LogP contribution in [0.3, 0.4) is 0 Å². The second kappa shape index (κ2) is 6.55. The van der Waals surface area contributed by atoms with Crippen LogP contribution in [0.1, 0.15) is 24.1 Å². The minimum atomic E-state index is -0.307. The van der Waals surface area contributed by atoms with Gasteiger partial charge in [-0.05, 0) is 34.6 Å². The molecule has 1 N–H and O–H groups in total. The van der Waals surface area contributed by atoms with E-state index in [0.717, 1.165) is 5.56 Å². The Labute approximate surface area is 133 Å². The maximum Gasteiger partial charge on any atom is 0.142 e. The number of benzene rings is 1. The van der Waals surface area contributed by atoms with E-state index in [0.29, 0.717) is 25.3 Å². The van der Waals surface area contributed by atoms with Gasteiger partial charge in [0.1, 0.15) is 5.82 Å². The van der Waals surface area contributed by atoms with E-state index in [1.54, 1.807) is 24.3 Å². The summed E-state index contributed by atoms with van der Waals surface area (Å²) in [4.78, 5) is 0. The van der Waals surface area contributed by atoms with Crippen LogP contribution in [-0.2, 0) is 0 Å². The summed E-state index contributed by atoms with van der Waals surface area (Å²) in [6.07, 6.45) is 0. The second-order valence-corrected chi connectivity index (χ2v) is 7.05. The third kappa shape index (κ3) is 3.31. The van der Waals surface area contributed by atoms with Crippen LogP contribution in [0, 0.1) is 5.82 Å². The molecule has 0 radical (unpaired) electrons. The van der Waals surface area contributed by atoms with Crippen LogP contribution >= 0.6 is 50.5 Å². The number of hydrogen-bond donors (Lipinski definition) is 1. The molecular formula is C13H11BrCl2FNS. The molecule has 1 aromatic carbocycles. The van der Waals surface area contributed by atoms with Crippen molar-refractivity contribution in [3.05, 3.63) is 54.4 Å². The maximum absolute atomic E-state index is 14.2. The molecule has 0 aliphatic heterocycles. The molecule has 2 rings (SSSR count). The number of hydrogen-bond acceptors (Lipinski definition) is 2. The van der Waals surface area contributed by atoms with Gasteiger partial charge in [-0.1, -0.05) is 42.3 Å². The topological polar surface area (TPSA) is 12.0 Å². The van der Waals surface area contributed by atoms with Crippen molar-refractivity contribution in [3.8, 4) is 0 Å². The third-order valence-electron chi connectivity index (χ3n) is 2.69. The Morgan fingerprint density at radius 2 is 2.11 bits per heavy atom. The van der Waals surface area contributed by atoms with Crippen molar-refractivity contribution in [2.75, 3.05) is 6.54 Å².